The first kappa shape index (κ1) is 15.4. The zero-order chi connectivity index (χ0) is 17.1. The van der Waals surface area contributed by atoms with E-state index in [0.29, 0.717) is 5.56 Å². The van der Waals surface area contributed by atoms with E-state index in [2.05, 4.69) is 15.3 Å². The van der Waals surface area contributed by atoms with E-state index in [0.717, 1.165) is 41.9 Å². The SMILES string of the molecule is O=C(NC1CCCc2nc(-c3ccccc3)ncc21)c1ccncc1. The maximum Gasteiger partial charge on any atom is 0.251 e. The molecule has 0 aliphatic heterocycles. The Labute approximate surface area is 146 Å². The molecule has 124 valence electrons. The lowest BCUT2D eigenvalue weighted by atomic mass is 9.92. The van der Waals surface area contributed by atoms with Crippen LogP contribution < -0.4 is 5.32 Å². The van der Waals surface area contributed by atoms with Crippen molar-refractivity contribution >= 4 is 5.91 Å². The lowest BCUT2D eigenvalue weighted by Gasteiger charge is -2.25. The van der Waals surface area contributed by atoms with Gasteiger partial charge in [-0.3, -0.25) is 9.78 Å². The first-order chi connectivity index (χ1) is 12.3. The van der Waals surface area contributed by atoms with Gasteiger partial charge < -0.3 is 5.32 Å². The van der Waals surface area contributed by atoms with Gasteiger partial charge in [-0.15, -0.1) is 0 Å². The molecule has 0 spiro atoms. The monoisotopic (exact) mass is 330 g/mol. The second kappa shape index (κ2) is 6.81. The van der Waals surface area contributed by atoms with Crippen molar-refractivity contribution in [2.24, 2.45) is 0 Å². The molecule has 1 aliphatic rings. The number of aryl methyl sites for hydroxylation is 1. The molecule has 0 bridgehead atoms. The Morgan fingerprint density at radius 2 is 1.88 bits per heavy atom. The highest BCUT2D eigenvalue weighted by Crippen LogP contribution is 2.29. The summed E-state index contributed by atoms with van der Waals surface area (Å²) in [4.78, 5) is 25.6. The Bertz CT molecular complexity index is 881. The molecule has 25 heavy (non-hydrogen) atoms. The van der Waals surface area contributed by atoms with Crippen molar-refractivity contribution in [1.29, 1.82) is 0 Å². The van der Waals surface area contributed by atoms with Crippen LogP contribution in [0.5, 0.6) is 0 Å². The van der Waals surface area contributed by atoms with Gasteiger partial charge in [-0.1, -0.05) is 30.3 Å². The zero-order valence-corrected chi connectivity index (χ0v) is 13.7. The molecule has 3 aromatic rings. The minimum atomic E-state index is -0.0904. The summed E-state index contributed by atoms with van der Waals surface area (Å²) in [6, 6.07) is 13.3. The minimum absolute atomic E-state index is 0.0470. The van der Waals surface area contributed by atoms with Crippen molar-refractivity contribution in [2.45, 2.75) is 25.3 Å². The topological polar surface area (TPSA) is 67.8 Å². The molecule has 4 rings (SSSR count). The van der Waals surface area contributed by atoms with Crippen molar-refractivity contribution in [3.8, 4) is 11.4 Å². The van der Waals surface area contributed by atoms with E-state index in [1.165, 1.54) is 0 Å². The van der Waals surface area contributed by atoms with Gasteiger partial charge in [0.25, 0.3) is 5.91 Å². The molecule has 2 heterocycles. The molecule has 0 fully saturated rings. The Hall–Kier alpha value is -3.08. The van der Waals surface area contributed by atoms with Gasteiger partial charge in [-0.25, -0.2) is 9.97 Å². The zero-order valence-electron chi connectivity index (χ0n) is 13.7. The summed E-state index contributed by atoms with van der Waals surface area (Å²) in [5.74, 6) is 0.646. The van der Waals surface area contributed by atoms with E-state index in [4.69, 9.17) is 4.98 Å². The van der Waals surface area contributed by atoms with Crippen LogP contribution in [-0.2, 0) is 6.42 Å². The van der Waals surface area contributed by atoms with Crippen molar-refractivity contribution in [3.63, 3.8) is 0 Å². The molecule has 0 saturated heterocycles. The van der Waals surface area contributed by atoms with Crippen LogP contribution in [0.25, 0.3) is 11.4 Å². The fourth-order valence-electron chi connectivity index (χ4n) is 3.17. The van der Waals surface area contributed by atoms with Crippen LogP contribution in [0.15, 0.2) is 61.1 Å². The number of hydrogen-bond acceptors (Lipinski definition) is 4. The molecule has 1 N–H and O–H groups in total. The predicted octanol–water partition coefficient (Wildman–Crippen LogP) is 3.35. The van der Waals surface area contributed by atoms with Gasteiger partial charge in [0, 0.05) is 41.0 Å². The molecule has 0 saturated carbocycles. The minimum Gasteiger partial charge on any atom is -0.345 e. The van der Waals surface area contributed by atoms with Crippen LogP contribution in [0.3, 0.4) is 0 Å². The standard InChI is InChI=1S/C20H18N4O/c25-20(15-9-11-21-12-10-15)24-18-8-4-7-17-16(18)13-22-19(23-17)14-5-2-1-3-6-14/h1-3,5-6,9-13,18H,4,7-8H2,(H,24,25). The van der Waals surface area contributed by atoms with Crippen LogP contribution >= 0.6 is 0 Å². The number of hydrogen-bond donors (Lipinski definition) is 1. The summed E-state index contributed by atoms with van der Waals surface area (Å²) in [5, 5.41) is 3.10. The van der Waals surface area contributed by atoms with Crippen LogP contribution in [-0.4, -0.2) is 20.9 Å². The number of carbonyl (C=O) groups is 1. The van der Waals surface area contributed by atoms with Crippen molar-refractivity contribution < 1.29 is 4.79 Å². The normalized spacial score (nSPS) is 16.1. The summed E-state index contributed by atoms with van der Waals surface area (Å²) in [6.45, 7) is 0. The third kappa shape index (κ3) is 3.26. The second-order valence-electron chi connectivity index (χ2n) is 6.12. The number of pyridine rings is 1. The quantitative estimate of drug-likeness (QED) is 0.800. The average Bonchev–Trinajstić information content (AvgIpc) is 2.69. The van der Waals surface area contributed by atoms with Crippen LogP contribution in [0.1, 0.15) is 40.5 Å². The number of fused-ring (bicyclic) bond motifs is 1. The van der Waals surface area contributed by atoms with Crippen LogP contribution in [0.2, 0.25) is 0 Å². The van der Waals surface area contributed by atoms with Gasteiger partial charge in [0.1, 0.15) is 0 Å². The second-order valence-corrected chi connectivity index (χ2v) is 6.12. The molecule has 5 nitrogen and oxygen atoms in total. The van der Waals surface area contributed by atoms with E-state index in [-0.39, 0.29) is 11.9 Å². The third-order valence-electron chi connectivity index (χ3n) is 4.46. The summed E-state index contributed by atoms with van der Waals surface area (Å²) in [7, 11) is 0. The van der Waals surface area contributed by atoms with Crippen LogP contribution in [0, 0.1) is 0 Å². The van der Waals surface area contributed by atoms with Crippen molar-refractivity contribution in [2.75, 3.05) is 0 Å². The largest absolute Gasteiger partial charge is 0.345 e. The number of carbonyl (C=O) groups excluding carboxylic acids is 1. The van der Waals surface area contributed by atoms with Crippen molar-refractivity contribution in [1.82, 2.24) is 20.3 Å². The highest BCUT2D eigenvalue weighted by molar-refractivity contribution is 5.94. The molecule has 1 aliphatic carbocycles. The van der Waals surface area contributed by atoms with E-state index < -0.39 is 0 Å². The van der Waals surface area contributed by atoms with E-state index in [1.807, 2.05) is 36.5 Å². The maximum atomic E-state index is 12.4. The highest BCUT2D eigenvalue weighted by Gasteiger charge is 2.24. The fraction of sp³-hybridized carbons (Fsp3) is 0.200. The number of nitrogens with one attached hydrogen (secondary N) is 1. The summed E-state index contributed by atoms with van der Waals surface area (Å²) < 4.78 is 0. The molecular weight excluding hydrogens is 312 g/mol. The summed E-state index contributed by atoms with van der Waals surface area (Å²) >= 11 is 0. The van der Waals surface area contributed by atoms with Gasteiger partial charge in [-0.2, -0.15) is 0 Å². The van der Waals surface area contributed by atoms with Gasteiger partial charge in [0.15, 0.2) is 5.82 Å². The van der Waals surface area contributed by atoms with Gasteiger partial charge in [-0.05, 0) is 31.4 Å². The molecule has 1 amide bonds. The predicted molar refractivity (Wildman–Crippen MR) is 94.9 cm³/mol. The van der Waals surface area contributed by atoms with Crippen LogP contribution in [0.4, 0.5) is 0 Å². The van der Waals surface area contributed by atoms with E-state index in [1.54, 1.807) is 24.5 Å². The fourth-order valence-corrected chi connectivity index (χ4v) is 3.17. The summed E-state index contributed by atoms with van der Waals surface area (Å²) in [6.07, 6.45) is 7.93. The maximum absolute atomic E-state index is 12.4. The number of nitrogens with zero attached hydrogens (tertiary/aromatic N) is 3. The van der Waals surface area contributed by atoms with Gasteiger partial charge in [0.05, 0.1) is 6.04 Å². The number of amides is 1. The highest BCUT2D eigenvalue weighted by atomic mass is 16.1. The number of aromatic nitrogens is 3. The van der Waals surface area contributed by atoms with Gasteiger partial charge in [0.2, 0.25) is 0 Å². The number of rotatable bonds is 3. The van der Waals surface area contributed by atoms with E-state index in [9.17, 15) is 4.79 Å². The van der Waals surface area contributed by atoms with E-state index >= 15 is 0 Å². The summed E-state index contributed by atoms with van der Waals surface area (Å²) in [5.41, 5.74) is 3.67. The lowest BCUT2D eigenvalue weighted by molar-refractivity contribution is 0.0932. The molecule has 1 atom stereocenters. The molecule has 1 aromatic carbocycles. The van der Waals surface area contributed by atoms with Gasteiger partial charge >= 0.3 is 0 Å². The smallest absolute Gasteiger partial charge is 0.251 e. The lowest BCUT2D eigenvalue weighted by Crippen LogP contribution is -2.31. The average molecular weight is 330 g/mol. The Morgan fingerprint density at radius 1 is 1.08 bits per heavy atom. The molecule has 1 unspecified atom stereocenters. The Balaban J connectivity index is 1.59. The molecule has 5 heteroatoms. The Morgan fingerprint density at radius 3 is 2.68 bits per heavy atom. The Kier molecular flexibility index (Phi) is 4.21. The molecule has 0 radical (unpaired) electrons. The number of benzene rings is 1. The van der Waals surface area contributed by atoms with Crippen molar-refractivity contribution in [3.05, 3.63) is 77.9 Å². The first-order valence-electron chi connectivity index (χ1n) is 8.43. The molecular formula is C20H18N4O. The molecule has 2 aromatic heterocycles. The first-order valence-corrected chi connectivity index (χ1v) is 8.43. The third-order valence-corrected chi connectivity index (χ3v) is 4.46.